The average Bonchev–Trinajstić information content (AvgIpc) is 2.07. The van der Waals surface area contributed by atoms with E-state index in [4.69, 9.17) is 0 Å². The fourth-order valence-corrected chi connectivity index (χ4v) is 1.40. The zero-order valence-electron chi connectivity index (χ0n) is 7.50. The van der Waals surface area contributed by atoms with Crippen LogP contribution in [0.25, 0.3) is 0 Å². The average molecular weight is 280 g/mol. The van der Waals surface area contributed by atoms with Gasteiger partial charge in [-0.25, -0.2) is 0 Å². The van der Waals surface area contributed by atoms with Gasteiger partial charge in [0.05, 0.1) is 21.4 Å². The van der Waals surface area contributed by atoms with Crippen LogP contribution in [0, 0.1) is 10.5 Å². The quantitative estimate of drug-likeness (QED) is 0.835. The number of hydrogen-bond donors (Lipinski definition) is 1. The second kappa shape index (κ2) is 3.33. The van der Waals surface area contributed by atoms with Gasteiger partial charge in [-0.3, -0.25) is 4.68 Å². The highest BCUT2D eigenvalue weighted by atomic mass is 127. The Morgan fingerprint density at radius 2 is 2.25 bits per heavy atom. The molecule has 0 amide bonds. The van der Waals surface area contributed by atoms with Crippen LogP contribution in [0.1, 0.15) is 19.5 Å². The number of rotatable bonds is 2. The maximum Gasteiger partial charge on any atom is 0.0786 e. The monoisotopic (exact) mass is 280 g/mol. The van der Waals surface area contributed by atoms with E-state index < -0.39 is 5.60 Å². The Bertz CT molecular complexity index is 256. The summed E-state index contributed by atoms with van der Waals surface area (Å²) in [5.41, 5.74) is 0.321. The van der Waals surface area contributed by atoms with Crippen molar-refractivity contribution in [1.82, 2.24) is 9.78 Å². The van der Waals surface area contributed by atoms with Gasteiger partial charge in [-0.1, -0.05) is 0 Å². The zero-order valence-corrected chi connectivity index (χ0v) is 9.66. The Morgan fingerprint density at radius 3 is 2.58 bits per heavy atom. The van der Waals surface area contributed by atoms with Crippen molar-refractivity contribution in [3.05, 3.63) is 15.5 Å². The van der Waals surface area contributed by atoms with E-state index in [-0.39, 0.29) is 0 Å². The molecule has 1 aromatic heterocycles. The third-order valence-electron chi connectivity index (χ3n) is 1.44. The maximum atomic E-state index is 9.51. The third-order valence-corrected chi connectivity index (χ3v) is 2.49. The third kappa shape index (κ3) is 2.75. The normalized spacial score (nSPS) is 12.1. The molecule has 0 bridgehead atoms. The first kappa shape index (κ1) is 9.98. The van der Waals surface area contributed by atoms with Gasteiger partial charge in [0.15, 0.2) is 0 Å². The molecule has 0 atom stereocenters. The van der Waals surface area contributed by atoms with Crippen molar-refractivity contribution in [2.75, 3.05) is 0 Å². The first-order valence-electron chi connectivity index (χ1n) is 3.80. The van der Waals surface area contributed by atoms with Gasteiger partial charge in [0, 0.05) is 6.20 Å². The maximum absolute atomic E-state index is 9.51. The van der Waals surface area contributed by atoms with Crippen molar-refractivity contribution in [3.8, 4) is 0 Å². The molecule has 0 fully saturated rings. The molecular weight excluding hydrogens is 267 g/mol. The predicted octanol–water partition coefficient (Wildman–Crippen LogP) is 1.57. The standard InChI is InChI=1S/C8H13IN2O/c1-6-7(9)4-11(10-6)5-8(2,3)12/h4,12H,5H2,1-3H3. The zero-order chi connectivity index (χ0) is 9.35. The molecule has 0 aliphatic heterocycles. The molecule has 12 heavy (non-hydrogen) atoms. The molecule has 1 N–H and O–H groups in total. The molecule has 0 aromatic carbocycles. The van der Waals surface area contributed by atoms with Gasteiger partial charge >= 0.3 is 0 Å². The van der Waals surface area contributed by atoms with Gasteiger partial charge in [-0.05, 0) is 43.4 Å². The lowest BCUT2D eigenvalue weighted by molar-refractivity contribution is 0.0576. The number of hydrogen-bond acceptors (Lipinski definition) is 2. The van der Waals surface area contributed by atoms with E-state index in [0.29, 0.717) is 6.54 Å². The van der Waals surface area contributed by atoms with Crippen LogP contribution >= 0.6 is 22.6 Å². The van der Waals surface area contributed by atoms with E-state index in [2.05, 4.69) is 27.7 Å². The fourth-order valence-electron chi connectivity index (χ4n) is 0.971. The van der Waals surface area contributed by atoms with E-state index in [1.165, 1.54) is 0 Å². The minimum Gasteiger partial charge on any atom is -0.389 e. The van der Waals surface area contributed by atoms with Crippen molar-refractivity contribution in [2.45, 2.75) is 32.9 Å². The molecule has 0 saturated heterocycles. The van der Waals surface area contributed by atoms with Crippen LogP contribution in [0.3, 0.4) is 0 Å². The van der Waals surface area contributed by atoms with Gasteiger partial charge in [0.25, 0.3) is 0 Å². The molecule has 1 aromatic rings. The van der Waals surface area contributed by atoms with Gasteiger partial charge in [0.2, 0.25) is 0 Å². The van der Waals surface area contributed by atoms with E-state index >= 15 is 0 Å². The summed E-state index contributed by atoms with van der Waals surface area (Å²) in [6.45, 7) is 6.05. The Hall–Kier alpha value is -0.100. The SMILES string of the molecule is Cc1nn(CC(C)(C)O)cc1I. The Balaban J connectivity index is 2.77. The summed E-state index contributed by atoms with van der Waals surface area (Å²) in [4.78, 5) is 0. The highest BCUT2D eigenvalue weighted by Gasteiger charge is 2.14. The van der Waals surface area contributed by atoms with E-state index in [1.807, 2.05) is 13.1 Å². The fraction of sp³-hybridized carbons (Fsp3) is 0.625. The molecule has 0 radical (unpaired) electrons. The van der Waals surface area contributed by atoms with Gasteiger partial charge in [-0.15, -0.1) is 0 Å². The summed E-state index contributed by atoms with van der Waals surface area (Å²) in [5, 5.41) is 13.8. The summed E-state index contributed by atoms with van der Waals surface area (Å²) in [7, 11) is 0. The van der Waals surface area contributed by atoms with Crippen LogP contribution in [-0.4, -0.2) is 20.5 Å². The van der Waals surface area contributed by atoms with Crippen molar-refractivity contribution in [2.24, 2.45) is 0 Å². The summed E-state index contributed by atoms with van der Waals surface area (Å²) in [5.74, 6) is 0. The lowest BCUT2D eigenvalue weighted by Gasteiger charge is -2.16. The van der Waals surface area contributed by atoms with E-state index in [1.54, 1.807) is 18.5 Å². The first-order valence-corrected chi connectivity index (χ1v) is 4.88. The van der Waals surface area contributed by atoms with E-state index in [9.17, 15) is 5.11 Å². The number of nitrogens with zero attached hydrogens (tertiary/aromatic N) is 2. The molecule has 1 heterocycles. The second-order valence-corrected chi connectivity index (χ2v) is 4.73. The smallest absolute Gasteiger partial charge is 0.0786 e. The Labute approximate surface area is 85.9 Å². The molecule has 0 aliphatic rings. The molecule has 0 spiro atoms. The summed E-state index contributed by atoms with van der Waals surface area (Å²) in [6, 6.07) is 0. The molecule has 68 valence electrons. The van der Waals surface area contributed by atoms with Crippen LogP contribution in [0.15, 0.2) is 6.20 Å². The lowest BCUT2D eigenvalue weighted by atomic mass is 10.1. The van der Waals surface area contributed by atoms with E-state index in [0.717, 1.165) is 9.26 Å². The highest BCUT2D eigenvalue weighted by Crippen LogP contribution is 2.11. The molecular formula is C8H13IN2O. The number of aryl methyl sites for hydroxylation is 1. The minimum absolute atomic E-state index is 0.539. The summed E-state index contributed by atoms with van der Waals surface area (Å²) < 4.78 is 2.91. The second-order valence-electron chi connectivity index (χ2n) is 3.57. The first-order chi connectivity index (χ1) is 5.38. The van der Waals surface area contributed by atoms with Crippen LogP contribution in [-0.2, 0) is 6.54 Å². The topological polar surface area (TPSA) is 38.0 Å². The number of aliphatic hydroxyl groups is 1. The van der Waals surface area contributed by atoms with Crippen molar-refractivity contribution in [1.29, 1.82) is 0 Å². The molecule has 0 unspecified atom stereocenters. The lowest BCUT2D eigenvalue weighted by Crippen LogP contribution is -2.26. The van der Waals surface area contributed by atoms with Crippen LogP contribution < -0.4 is 0 Å². The van der Waals surface area contributed by atoms with Crippen LogP contribution in [0.2, 0.25) is 0 Å². The Kier molecular flexibility index (Phi) is 2.77. The number of aromatic nitrogens is 2. The van der Waals surface area contributed by atoms with Crippen molar-refractivity contribution < 1.29 is 5.11 Å². The molecule has 0 aliphatic carbocycles. The molecule has 0 saturated carbocycles. The van der Waals surface area contributed by atoms with Gasteiger partial charge in [0.1, 0.15) is 0 Å². The predicted molar refractivity (Wildman–Crippen MR) is 56.0 cm³/mol. The Morgan fingerprint density at radius 1 is 1.67 bits per heavy atom. The van der Waals surface area contributed by atoms with Crippen molar-refractivity contribution >= 4 is 22.6 Å². The molecule has 1 rings (SSSR count). The van der Waals surface area contributed by atoms with Gasteiger partial charge < -0.3 is 5.11 Å². The van der Waals surface area contributed by atoms with Crippen molar-refractivity contribution in [3.63, 3.8) is 0 Å². The van der Waals surface area contributed by atoms with Gasteiger partial charge in [-0.2, -0.15) is 5.10 Å². The van der Waals surface area contributed by atoms with Crippen LogP contribution in [0.4, 0.5) is 0 Å². The largest absolute Gasteiger partial charge is 0.389 e. The highest BCUT2D eigenvalue weighted by molar-refractivity contribution is 14.1. The molecule has 4 heteroatoms. The van der Waals surface area contributed by atoms with Crippen LogP contribution in [0.5, 0.6) is 0 Å². The summed E-state index contributed by atoms with van der Waals surface area (Å²) in [6.07, 6.45) is 1.94. The number of halogens is 1. The minimum atomic E-state index is -0.693. The summed E-state index contributed by atoms with van der Waals surface area (Å²) >= 11 is 2.23. The molecule has 3 nitrogen and oxygen atoms in total.